The first-order valence-corrected chi connectivity index (χ1v) is 20.0. The first kappa shape index (κ1) is 52.2. The number of hydrogen-bond acceptors (Lipinski definition) is 12. The molecule has 330 valence electrons. The van der Waals surface area contributed by atoms with E-state index in [1.807, 2.05) is 0 Å². The van der Waals surface area contributed by atoms with Crippen LogP contribution in [-0.4, -0.2) is 80.3 Å². The lowest BCUT2D eigenvalue weighted by molar-refractivity contribution is -0.123. The molecule has 0 atom stereocenters. The minimum Gasteiger partial charge on any atom is -0.504 e. The maximum absolute atomic E-state index is 12.2. The Balaban J connectivity index is 0.000000412. The summed E-state index contributed by atoms with van der Waals surface area (Å²) in [6.07, 6.45) is 26.2. The summed E-state index contributed by atoms with van der Waals surface area (Å²) in [5, 5.41) is 19.7. The van der Waals surface area contributed by atoms with E-state index in [-0.39, 0.29) is 60.7 Å². The zero-order valence-electron chi connectivity index (χ0n) is 35.7. The number of halogens is 1. The molecule has 0 heterocycles. The van der Waals surface area contributed by atoms with E-state index in [9.17, 15) is 29.4 Å². The normalized spacial score (nSPS) is 10.3. The molecule has 13 heteroatoms. The molecule has 0 saturated carbocycles. The Morgan fingerprint density at radius 1 is 0.484 bits per heavy atom. The third kappa shape index (κ3) is 19.2. The highest BCUT2D eigenvalue weighted by Crippen LogP contribution is 2.30. The molecule has 0 aromatic heterocycles. The Hall–Kier alpha value is -7.92. The predicted octanol–water partition coefficient (Wildman–Crippen LogP) is 8.37. The summed E-state index contributed by atoms with van der Waals surface area (Å²) in [5.41, 5.74) is 2.76. The van der Waals surface area contributed by atoms with Crippen LogP contribution in [0.1, 0.15) is 35.1 Å². The van der Waals surface area contributed by atoms with Crippen molar-refractivity contribution in [1.29, 1.82) is 0 Å². The third-order valence-electron chi connectivity index (χ3n) is 8.03. The SMILES string of the molecule is C#CCBr.C#CCOc1ccc(/C=C/C(=O)CC(=O)/C=C/c2ccc(OCC#C)c(OC)c2)cc1OC.COc1cc(/C=C/C(=O)CC(=O)/C=C/c2ccc(O)c(OC)c2)ccc1O. The summed E-state index contributed by atoms with van der Waals surface area (Å²) >= 11 is 3.01. The Kier molecular flexibility index (Phi) is 24.0. The summed E-state index contributed by atoms with van der Waals surface area (Å²) in [6.45, 7) is 0.242. The van der Waals surface area contributed by atoms with Gasteiger partial charge in [-0.15, -0.1) is 19.3 Å². The minimum absolute atomic E-state index is 0.00662. The van der Waals surface area contributed by atoms with Crippen LogP contribution in [0.4, 0.5) is 0 Å². The summed E-state index contributed by atoms with van der Waals surface area (Å²) in [4.78, 5) is 48.2. The Morgan fingerprint density at radius 2 is 0.766 bits per heavy atom. The van der Waals surface area contributed by atoms with E-state index >= 15 is 0 Å². The maximum atomic E-state index is 12.2. The molecule has 4 aromatic carbocycles. The number of hydrogen-bond donors (Lipinski definition) is 2. The van der Waals surface area contributed by atoms with Gasteiger partial charge in [-0.3, -0.25) is 19.2 Å². The molecule has 0 spiro atoms. The first-order valence-electron chi connectivity index (χ1n) is 18.9. The second-order valence-electron chi connectivity index (χ2n) is 12.6. The number of phenols is 2. The second kappa shape index (κ2) is 29.4. The largest absolute Gasteiger partial charge is 0.504 e. The number of methoxy groups -OCH3 is 4. The number of rotatable bonds is 20. The number of ether oxygens (including phenoxy) is 6. The fourth-order valence-corrected chi connectivity index (χ4v) is 4.98. The number of phenolic OH excluding ortho intramolecular Hbond substituents is 2. The van der Waals surface area contributed by atoms with E-state index in [2.05, 4.69) is 33.7 Å². The van der Waals surface area contributed by atoms with E-state index in [0.29, 0.717) is 51.0 Å². The molecule has 0 aliphatic carbocycles. The van der Waals surface area contributed by atoms with Gasteiger partial charge in [-0.1, -0.05) is 82.3 Å². The van der Waals surface area contributed by atoms with E-state index < -0.39 is 0 Å². The Morgan fingerprint density at radius 3 is 1.03 bits per heavy atom. The highest BCUT2D eigenvalue weighted by Gasteiger charge is 2.09. The molecule has 0 bridgehead atoms. The number of benzene rings is 4. The van der Waals surface area contributed by atoms with Crippen molar-refractivity contribution in [3.63, 3.8) is 0 Å². The summed E-state index contributed by atoms with van der Waals surface area (Å²) < 4.78 is 31.3. The van der Waals surface area contributed by atoms with E-state index in [4.69, 9.17) is 47.7 Å². The molecular weight excluding hydrogens is 884 g/mol. The van der Waals surface area contributed by atoms with Gasteiger partial charge < -0.3 is 38.6 Å². The molecule has 0 aliphatic rings. The highest BCUT2D eigenvalue weighted by molar-refractivity contribution is 9.09. The quantitative estimate of drug-likeness (QED) is 0.0377. The number of aromatic hydroxyl groups is 2. The monoisotopic (exact) mass is 930 g/mol. The molecule has 0 unspecified atom stereocenters. The molecule has 4 aromatic rings. The average molecular weight is 932 g/mol. The van der Waals surface area contributed by atoms with Crippen LogP contribution in [0.25, 0.3) is 24.3 Å². The number of allylic oxidation sites excluding steroid dienone is 4. The van der Waals surface area contributed by atoms with Gasteiger partial charge in [0.25, 0.3) is 0 Å². The predicted molar refractivity (Wildman–Crippen MR) is 252 cm³/mol. The summed E-state index contributed by atoms with van der Waals surface area (Å²) in [7, 11) is 5.88. The molecule has 0 fully saturated rings. The summed E-state index contributed by atoms with van der Waals surface area (Å²) in [5.74, 6) is 8.37. The van der Waals surface area contributed by atoms with Gasteiger partial charge in [0.05, 0.1) is 46.6 Å². The first-order chi connectivity index (χ1) is 30.8. The lowest BCUT2D eigenvalue weighted by atomic mass is 10.1. The number of carbonyl (C=O) groups excluding carboxylic acids is 4. The topological polar surface area (TPSA) is 164 Å². The van der Waals surface area contributed by atoms with Gasteiger partial charge in [0.2, 0.25) is 0 Å². The van der Waals surface area contributed by atoms with Crippen LogP contribution in [0, 0.1) is 37.0 Å². The van der Waals surface area contributed by atoms with Gasteiger partial charge in [0, 0.05) is 0 Å². The number of terminal acetylenes is 3. The molecule has 2 N–H and O–H groups in total. The number of ketones is 4. The van der Waals surface area contributed by atoms with Crippen LogP contribution in [0.5, 0.6) is 46.0 Å². The van der Waals surface area contributed by atoms with Crippen LogP contribution in [0.2, 0.25) is 0 Å². The third-order valence-corrected chi connectivity index (χ3v) is 8.35. The molecule has 12 nitrogen and oxygen atoms in total. The zero-order valence-corrected chi connectivity index (χ0v) is 37.3. The van der Waals surface area contributed by atoms with Gasteiger partial charge >= 0.3 is 0 Å². The number of carbonyl (C=O) groups is 4. The van der Waals surface area contributed by atoms with Crippen molar-refractivity contribution in [2.24, 2.45) is 0 Å². The average Bonchev–Trinajstić information content (AvgIpc) is 3.31. The molecular formula is C51H47BrO12. The van der Waals surface area contributed by atoms with Gasteiger partial charge in [0.1, 0.15) is 13.2 Å². The smallest absolute Gasteiger partial charge is 0.163 e. The highest BCUT2D eigenvalue weighted by atomic mass is 79.9. The van der Waals surface area contributed by atoms with Crippen LogP contribution in [0.3, 0.4) is 0 Å². The summed E-state index contributed by atoms with van der Waals surface area (Å²) in [6, 6.07) is 19.7. The van der Waals surface area contributed by atoms with Crippen molar-refractivity contribution in [2.75, 3.05) is 47.0 Å². The van der Waals surface area contributed by atoms with Gasteiger partial charge in [-0.2, -0.15) is 0 Å². The van der Waals surface area contributed by atoms with Crippen molar-refractivity contribution in [3.8, 4) is 83.0 Å². The fourth-order valence-electron chi connectivity index (χ4n) is 4.98. The van der Waals surface area contributed by atoms with Gasteiger partial charge in [-0.05, 0) is 95.1 Å². The van der Waals surface area contributed by atoms with Crippen LogP contribution < -0.4 is 28.4 Å². The van der Waals surface area contributed by atoms with Crippen molar-refractivity contribution >= 4 is 63.4 Å². The number of alkyl halides is 1. The van der Waals surface area contributed by atoms with E-state index in [1.54, 1.807) is 85.0 Å². The Labute approximate surface area is 381 Å². The van der Waals surface area contributed by atoms with Crippen LogP contribution >= 0.6 is 15.9 Å². The van der Waals surface area contributed by atoms with E-state index in [0.717, 1.165) is 11.1 Å². The molecule has 4 rings (SSSR count). The molecule has 0 amide bonds. The van der Waals surface area contributed by atoms with Crippen molar-refractivity contribution in [1.82, 2.24) is 0 Å². The molecule has 0 radical (unpaired) electrons. The standard InChI is InChI=1S/C27H24O6.C21H20O6.C3H3Br/c1-5-15-32-24-13-9-20(17-26(24)30-3)7-11-22(28)19-23(29)12-8-21-10-14-25(33-16-6-2)27(18-21)31-4;1-26-20-11-14(5-9-18(20)24)3-7-16(22)13-17(23)8-4-15-6-10-19(25)21(12-15)27-2;1-2-3-4/h1-2,7-14,17-18H,15-16,19H2,3-4H3;3-12,24-25H,13H2,1-2H3;1H,3H2/b11-7+,12-8+;7-3+,8-4+;. The molecule has 64 heavy (non-hydrogen) atoms. The van der Waals surface area contributed by atoms with Gasteiger partial charge in [-0.25, -0.2) is 0 Å². The maximum Gasteiger partial charge on any atom is 0.163 e. The van der Waals surface area contributed by atoms with E-state index in [1.165, 1.54) is 64.9 Å². The zero-order chi connectivity index (χ0) is 47.3. The lowest BCUT2D eigenvalue weighted by Gasteiger charge is -2.09. The van der Waals surface area contributed by atoms with Crippen LogP contribution in [0.15, 0.2) is 97.1 Å². The van der Waals surface area contributed by atoms with Crippen molar-refractivity contribution in [2.45, 2.75) is 12.8 Å². The van der Waals surface area contributed by atoms with Crippen molar-refractivity contribution in [3.05, 3.63) is 119 Å². The van der Waals surface area contributed by atoms with Crippen molar-refractivity contribution < 1.29 is 57.8 Å². The Bertz CT molecular complexity index is 2310. The second-order valence-corrected chi connectivity index (χ2v) is 13.1. The fraction of sp³-hybridized carbons (Fsp3) is 0.176. The lowest BCUT2D eigenvalue weighted by Crippen LogP contribution is -2.02. The minimum atomic E-state index is -0.347. The van der Waals surface area contributed by atoms with Crippen LogP contribution in [-0.2, 0) is 19.2 Å². The molecule has 0 aliphatic heterocycles. The molecule has 0 saturated heterocycles. The van der Waals surface area contributed by atoms with Gasteiger partial charge in [0.15, 0.2) is 69.1 Å².